The number of nitrogens with one attached hydrogen (secondary N) is 1. The molecule has 0 spiro atoms. The lowest BCUT2D eigenvalue weighted by atomic mass is 9.75. The number of hydrogen-bond donors (Lipinski definition) is 2. The fourth-order valence-corrected chi connectivity index (χ4v) is 8.79. The van der Waals surface area contributed by atoms with Crippen LogP contribution < -0.4 is 5.32 Å². The maximum atomic E-state index is 16.6. The molecule has 18 heteroatoms. The Bertz CT molecular complexity index is 1910. The Morgan fingerprint density at radius 3 is 2.59 bits per heavy atom. The lowest BCUT2D eigenvalue weighted by Crippen LogP contribution is -2.60. The highest BCUT2D eigenvalue weighted by Gasteiger charge is 2.58. The lowest BCUT2D eigenvalue weighted by molar-refractivity contribution is -0.290. The smallest absolute Gasteiger partial charge is 0.408 e. The number of alkyl carbamates (subject to hydrolysis) is 1. The number of rotatable bonds is 9. The summed E-state index contributed by atoms with van der Waals surface area (Å²) < 4.78 is 47.0. The molecule has 3 aliphatic heterocycles. The molecule has 16 nitrogen and oxygen atoms in total. The van der Waals surface area contributed by atoms with Gasteiger partial charge in [0.05, 0.1) is 40.1 Å². The number of nitrogens with zero attached hydrogens (tertiary/aromatic N) is 5. The molecule has 0 saturated carbocycles. The lowest BCUT2D eigenvalue weighted by Gasteiger charge is -2.46. The molecule has 2 aromatic heterocycles. The molecule has 2 N–H and O–H groups in total. The number of carbonyl (C=O) groups is 4. The van der Waals surface area contributed by atoms with Crippen LogP contribution in [-0.2, 0) is 44.6 Å². The van der Waals surface area contributed by atoms with Crippen molar-refractivity contribution in [1.82, 2.24) is 30.4 Å². The Morgan fingerprint density at radius 1 is 1.19 bits per heavy atom. The number of thiophene rings is 1. The van der Waals surface area contributed by atoms with E-state index >= 15 is 4.39 Å². The van der Waals surface area contributed by atoms with Gasteiger partial charge in [-0.25, -0.2) is 14.0 Å². The van der Waals surface area contributed by atoms with E-state index in [2.05, 4.69) is 39.1 Å². The zero-order chi connectivity index (χ0) is 42.7. The number of ether oxygens (including phenoxy) is 5. The van der Waals surface area contributed by atoms with Crippen LogP contribution in [0.2, 0.25) is 0 Å². The van der Waals surface area contributed by atoms with Crippen LogP contribution in [0.3, 0.4) is 0 Å². The van der Waals surface area contributed by atoms with Gasteiger partial charge >= 0.3 is 12.1 Å². The summed E-state index contributed by atoms with van der Waals surface area (Å²) >= 11 is 1.34. The topological polar surface area (TPSA) is 194 Å². The molecule has 3 fully saturated rings. The summed E-state index contributed by atoms with van der Waals surface area (Å²) in [4.78, 5) is 59.4. The van der Waals surface area contributed by atoms with Gasteiger partial charge in [0.15, 0.2) is 17.7 Å². The number of allylic oxidation sites excluding steroid dienone is 1. The monoisotopic (exact) mass is 830 g/mol. The molecule has 2 unspecified atom stereocenters. The molecule has 0 bridgehead atoms. The van der Waals surface area contributed by atoms with Gasteiger partial charge < -0.3 is 39.0 Å². The quantitative estimate of drug-likeness (QED) is 0.161. The van der Waals surface area contributed by atoms with E-state index in [4.69, 9.17) is 23.7 Å². The van der Waals surface area contributed by atoms with Crippen molar-refractivity contribution in [3.63, 3.8) is 0 Å². The second-order valence-electron chi connectivity index (χ2n) is 16.1. The third kappa shape index (κ3) is 9.50. The number of amides is 1. The molecule has 318 valence electrons. The van der Waals surface area contributed by atoms with Crippen molar-refractivity contribution < 1.29 is 52.4 Å². The SMILES string of the molecule is C=CCn1nnc(-c2ccc(C#CCO[C@@]3(C)C[C@@H](C)C(=O)[C@H](C)C4NC(=O)OC4(C)[C@H](CC)OC(=O)[C@@](C)(F)C(=O)C[C@H]3O[C@@H]3O[C@H](C)C[C@H](N(C)C)[C@H]3O)s2)n1. The van der Waals surface area contributed by atoms with Crippen molar-refractivity contribution in [2.75, 3.05) is 20.7 Å². The Kier molecular flexibility index (Phi) is 14.0. The van der Waals surface area contributed by atoms with Gasteiger partial charge in [0.2, 0.25) is 5.82 Å². The molecule has 0 aromatic carbocycles. The maximum absolute atomic E-state index is 16.6. The summed E-state index contributed by atoms with van der Waals surface area (Å²) in [7, 11) is 3.61. The number of ketones is 2. The molecule has 5 heterocycles. The van der Waals surface area contributed by atoms with E-state index in [1.165, 1.54) is 23.1 Å². The number of Topliss-reactive ketones (excluding diaryl/α,β-unsaturated/α-hetero) is 2. The van der Waals surface area contributed by atoms with Gasteiger partial charge in [-0.05, 0) is 78.4 Å². The van der Waals surface area contributed by atoms with E-state index in [1.54, 1.807) is 53.9 Å². The largest absolute Gasteiger partial charge is 0.455 e. The number of carbonyl (C=O) groups excluding carboxylic acids is 4. The Labute approximate surface area is 342 Å². The number of likely N-dealkylation sites (N-methyl/N-ethyl adjacent to an activating group) is 1. The first-order chi connectivity index (χ1) is 27.2. The number of aliphatic hydroxyl groups excluding tert-OH is 1. The summed E-state index contributed by atoms with van der Waals surface area (Å²) in [5.41, 5.74) is -6.35. The van der Waals surface area contributed by atoms with E-state index in [1.807, 2.05) is 17.9 Å². The number of tetrazole rings is 1. The molecule has 5 rings (SSSR count). The zero-order valence-corrected chi connectivity index (χ0v) is 35.3. The summed E-state index contributed by atoms with van der Waals surface area (Å²) in [6, 6.07) is 2.24. The van der Waals surface area contributed by atoms with Gasteiger partial charge in [0.1, 0.15) is 24.6 Å². The van der Waals surface area contributed by atoms with E-state index in [-0.39, 0.29) is 31.3 Å². The van der Waals surface area contributed by atoms with Gasteiger partial charge in [-0.15, -0.1) is 28.1 Å². The van der Waals surface area contributed by atoms with Crippen LogP contribution >= 0.6 is 11.3 Å². The van der Waals surface area contributed by atoms with Gasteiger partial charge in [-0.2, -0.15) is 4.80 Å². The Morgan fingerprint density at radius 2 is 1.91 bits per heavy atom. The predicted molar refractivity (Wildman–Crippen MR) is 209 cm³/mol. The highest BCUT2D eigenvalue weighted by Crippen LogP contribution is 2.40. The number of cyclic esters (lactones) is 1. The Hall–Kier alpha value is -4.12. The van der Waals surface area contributed by atoms with Gasteiger partial charge in [-0.3, -0.25) is 9.59 Å². The molecule has 3 saturated heterocycles. The first-order valence-electron chi connectivity index (χ1n) is 19.5. The third-order valence-corrected chi connectivity index (χ3v) is 12.4. The van der Waals surface area contributed by atoms with Crippen molar-refractivity contribution in [3.05, 3.63) is 29.7 Å². The minimum absolute atomic E-state index is 0.0796. The van der Waals surface area contributed by atoms with Crippen LogP contribution in [0.15, 0.2) is 24.8 Å². The number of alkyl halides is 1. The van der Waals surface area contributed by atoms with Gasteiger partial charge in [0.25, 0.3) is 5.67 Å². The highest BCUT2D eigenvalue weighted by atomic mass is 32.1. The molecule has 3 aliphatic rings. The second kappa shape index (κ2) is 18.0. The van der Waals surface area contributed by atoms with Crippen LogP contribution in [0, 0.1) is 23.7 Å². The van der Waals surface area contributed by atoms with E-state index < -0.39 is 89.7 Å². The fourth-order valence-electron chi connectivity index (χ4n) is 7.98. The minimum atomic E-state index is -3.19. The van der Waals surface area contributed by atoms with Crippen LogP contribution in [0.1, 0.15) is 79.0 Å². The molecule has 0 radical (unpaired) electrons. The predicted octanol–water partition coefficient (Wildman–Crippen LogP) is 3.65. The van der Waals surface area contributed by atoms with E-state index in [9.17, 15) is 24.3 Å². The molecule has 2 aromatic rings. The fraction of sp³-hybridized carbons (Fsp3) is 0.675. The summed E-state index contributed by atoms with van der Waals surface area (Å²) in [5.74, 6) is 1.82. The van der Waals surface area contributed by atoms with Crippen molar-refractivity contribution in [2.24, 2.45) is 11.8 Å². The first kappa shape index (κ1) is 45.0. The molecule has 0 aliphatic carbocycles. The van der Waals surface area contributed by atoms with Crippen LogP contribution in [0.25, 0.3) is 10.7 Å². The first-order valence-corrected chi connectivity index (χ1v) is 20.3. The average Bonchev–Trinajstić information content (AvgIpc) is 3.91. The number of aromatic nitrogens is 4. The minimum Gasteiger partial charge on any atom is -0.455 e. The van der Waals surface area contributed by atoms with Crippen LogP contribution in [0.4, 0.5) is 9.18 Å². The summed E-state index contributed by atoms with van der Waals surface area (Å²) in [5, 5.41) is 26.6. The Balaban J connectivity index is 1.53. The molecular formula is C40H55FN6O10S. The molecular weight excluding hydrogens is 776 g/mol. The molecule has 12 atom stereocenters. The number of hydrogen-bond acceptors (Lipinski definition) is 15. The van der Waals surface area contributed by atoms with Crippen molar-refractivity contribution >= 4 is 35.0 Å². The maximum Gasteiger partial charge on any atom is 0.408 e. The van der Waals surface area contributed by atoms with Gasteiger partial charge in [0, 0.05) is 24.3 Å². The summed E-state index contributed by atoms with van der Waals surface area (Å²) in [6.07, 6.45) is -4.91. The van der Waals surface area contributed by atoms with Crippen molar-refractivity contribution in [2.45, 2.75) is 140 Å². The second-order valence-corrected chi connectivity index (χ2v) is 17.2. The van der Waals surface area contributed by atoms with Crippen molar-refractivity contribution in [1.29, 1.82) is 0 Å². The van der Waals surface area contributed by atoms with E-state index in [0.717, 1.165) is 11.8 Å². The molecule has 58 heavy (non-hydrogen) atoms. The highest BCUT2D eigenvalue weighted by molar-refractivity contribution is 7.15. The normalized spacial score (nSPS) is 36.2. The average molecular weight is 831 g/mol. The number of aliphatic hydroxyl groups is 1. The zero-order valence-electron chi connectivity index (χ0n) is 34.5. The van der Waals surface area contributed by atoms with Gasteiger partial charge in [-0.1, -0.05) is 38.7 Å². The van der Waals surface area contributed by atoms with E-state index in [0.29, 0.717) is 23.7 Å². The number of halogens is 1. The number of fused-ring (bicyclic) bond motifs is 1. The summed E-state index contributed by atoms with van der Waals surface area (Å²) in [6.45, 7) is 14.6. The molecule has 1 amide bonds. The third-order valence-electron chi connectivity index (χ3n) is 11.4. The van der Waals surface area contributed by atoms with Crippen molar-refractivity contribution in [3.8, 4) is 22.5 Å². The van der Waals surface area contributed by atoms with Crippen LogP contribution in [0.5, 0.6) is 0 Å². The standard InChI is InChI=1S/C40H55FN6O10S/c1-11-17-47-44-34(43-45-47)27-16-15-25(58-27)14-13-18-53-38(6)21-22(3)31(49)24(5)33-40(8,57-37(52)42-33)29(12-2)56-36(51)39(7,41)28(48)20-30(38)55-35-32(50)26(46(9)10)19-23(4)54-35/h11,15-16,22-24,26,29-30,32-33,35,50H,1,12,17-21H2,2-10H3,(H,42,52)/t22-,23-,24+,26+,29+,30-,32-,33?,35+,38+,39+,40?/m1/s1. The van der Waals surface area contributed by atoms with Crippen LogP contribution in [-0.4, -0.2) is 134 Å². The number of esters is 1.